The Morgan fingerprint density at radius 2 is 1.85 bits per heavy atom. The fourth-order valence-corrected chi connectivity index (χ4v) is 2.00. The van der Waals surface area contributed by atoms with Gasteiger partial charge in [0.05, 0.1) is 6.04 Å². The highest BCUT2D eigenvalue weighted by molar-refractivity contribution is 5.73. The Labute approximate surface area is 158 Å². The van der Waals surface area contributed by atoms with E-state index in [9.17, 15) is 9.59 Å². The van der Waals surface area contributed by atoms with Gasteiger partial charge in [-0.05, 0) is 39.3 Å². The Hall–Kier alpha value is -1.92. The summed E-state index contributed by atoms with van der Waals surface area (Å²) >= 11 is 0. The third-order valence-electron chi connectivity index (χ3n) is 3.35. The number of alkyl carbamates (subject to hydrolysis) is 1. The first-order chi connectivity index (χ1) is 12.1. The second-order valence-corrected chi connectivity index (χ2v) is 7.56. The summed E-state index contributed by atoms with van der Waals surface area (Å²) in [6, 6.07) is 9.94. The summed E-state index contributed by atoms with van der Waals surface area (Å²) in [5.41, 5.74) is 6.25. The van der Waals surface area contributed by atoms with Crippen molar-refractivity contribution in [3.8, 4) is 0 Å². The van der Waals surface area contributed by atoms with Gasteiger partial charge in [-0.1, -0.05) is 44.2 Å². The van der Waals surface area contributed by atoms with Crippen molar-refractivity contribution in [2.24, 2.45) is 11.7 Å². The van der Waals surface area contributed by atoms with Crippen LogP contribution < -0.4 is 11.1 Å². The Morgan fingerprint density at radius 1 is 1.27 bits per heavy atom. The van der Waals surface area contributed by atoms with E-state index in [0.29, 0.717) is 6.29 Å². The van der Waals surface area contributed by atoms with E-state index in [2.05, 4.69) is 41.5 Å². The number of benzene rings is 1. The van der Waals surface area contributed by atoms with Crippen molar-refractivity contribution in [2.45, 2.75) is 52.8 Å². The van der Waals surface area contributed by atoms with Crippen molar-refractivity contribution < 1.29 is 14.3 Å². The number of amides is 1. The highest BCUT2D eigenvalue weighted by Gasteiger charge is 2.20. The van der Waals surface area contributed by atoms with Gasteiger partial charge < -0.3 is 25.5 Å². The third-order valence-corrected chi connectivity index (χ3v) is 3.35. The molecule has 0 heterocycles. The minimum absolute atomic E-state index is 0.0695. The molecule has 1 unspecified atom stereocenters. The van der Waals surface area contributed by atoms with Gasteiger partial charge in [-0.3, -0.25) is 0 Å². The fraction of sp³-hybridized carbons (Fsp3) is 0.600. The van der Waals surface area contributed by atoms with Crippen molar-refractivity contribution >= 4 is 12.4 Å². The summed E-state index contributed by atoms with van der Waals surface area (Å²) in [6.07, 6.45) is 0.164. The summed E-state index contributed by atoms with van der Waals surface area (Å²) < 4.78 is 5.01. The minimum Gasteiger partial charge on any atom is -0.444 e. The number of nitrogens with two attached hydrogens (primary N) is 1. The zero-order chi connectivity index (χ0) is 20.2. The monoisotopic (exact) mass is 365 g/mol. The molecule has 1 aromatic rings. The summed E-state index contributed by atoms with van der Waals surface area (Å²) in [6.45, 7) is 11.7. The molecule has 1 aromatic carbocycles. The summed E-state index contributed by atoms with van der Waals surface area (Å²) in [5.74, 6) is 0.0695. The molecular weight excluding hydrogens is 330 g/mol. The summed E-state index contributed by atoms with van der Waals surface area (Å²) in [7, 11) is 2.08. The molecule has 0 spiro atoms. The molecule has 0 saturated carbocycles. The summed E-state index contributed by atoms with van der Waals surface area (Å²) in [5, 5.41) is 2.49. The van der Waals surface area contributed by atoms with Crippen LogP contribution in [0.25, 0.3) is 0 Å². The molecule has 0 saturated heterocycles. The van der Waals surface area contributed by atoms with Gasteiger partial charge in [0.1, 0.15) is 11.9 Å². The SMILES string of the molecule is CC(C)C(C=O)NC(=O)OC(C)(C)C.CN(CCN)Cc1ccccc1. The van der Waals surface area contributed by atoms with Gasteiger partial charge in [0.2, 0.25) is 0 Å². The van der Waals surface area contributed by atoms with Gasteiger partial charge >= 0.3 is 6.09 Å². The van der Waals surface area contributed by atoms with Gasteiger partial charge in [-0.25, -0.2) is 4.79 Å². The predicted octanol–water partition coefficient (Wildman–Crippen LogP) is 2.81. The first-order valence-corrected chi connectivity index (χ1v) is 8.96. The average Bonchev–Trinajstić information content (AvgIpc) is 2.52. The molecule has 1 atom stereocenters. The largest absolute Gasteiger partial charge is 0.444 e. The van der Waals surface area contributed by atoms with E-state index in [-0.39, 0.29) is 5.92 Å². The van der Waals surface area contributed by atoms with Crippen LogP contribution in [0.5, 0.6) is 0 Å². The molecule has 0 aliphatic heterocycles. The Balaban J connectivity index is 0.000000485. The molecule has 1 amide bonds. The molecular formula is C20H35N3O3. The number of ether oxygens (including phenoxy) is 1. The van der Waals surface area contributed by atoms with Crippen LogP contribution in [0.3, 0.4) is 0 Å². The van der Waals surface area contributed by atoms with Crippen LogP contribution in [0, 0.1) is 5.92 Å². The molecule has 0 bridgehead atoms. The Bertz CT molecular complexity index is 513. The van der Waals surface area contributed by atoms with Crippen LogP contribution in [0.15, 0.2) is 30.3 Å². The molecule has 0 fully saturated rings. The van der Waals surface area contributed by atoms with Gasteiger partial charge in [0, 0.05) is 19.6 Å². The van der Waals surface area contributed by atoms with Crippen LogP contribution in [0.4, 0.5) is 4.79 Å². The average molecular weight is 366 g/mol. The van der Waals surface area contributed by atoms with Crippen molar-refractivity contribution in [2.75, 3.05) is 20.1 Å². The van der Waals surface area contributed by atoms with E-state index in [4.69, 9.17) is 10.5 Å². The molecule has 0 radical (unpaired) electrons. The van der Waals surface area contributed by atoms with E-state index in [1.165, 1.54) is 5.56 Å². The molecule has 0 aliphatic rings. The molecule has 0 aromatic heterocycles. The second-order valence-electron chi connectivity index (χ2n) is 7.56. The maximum atomic E-state index is 11.2. The van der Waals surface area contributed by atoms with Crippen molar-refractivity contribution in [3.05, 3.63) is 35.9 Å². The zero-order valence-corrected chi connectivity index (χ0v) is 17.0. The lowest BCUT2D eigenvalue weighted by molar-refractivity contribution is -0.110. The lowest BCUT2D eigenvalue weighted by atomic mass is 10.1. The highest BCUT2D eigenvalue weighted by Crippen LogP contribution is 2.07. The number of carbonyl (C=O) groups excluding carboxylic acids is 2. The van der Waals surface area contributed by atoms with Crippen molar-refractivity contribution in [1.29, 1.82) is 0 Å². The molecule has 26 heavy (non-hydrogen) atoms. The number of hydrogen-bond acceptors (Lipinski definition) is 5. The highest BCUT2D eigenvalue weighted by atomic mass is 16.6. The quantitative estimate of drug-likeness (QED) is 0.726. The normalized spacial score (nSPS) is 12.2. The van der Waals surface area contributed by atoms with Crippen molar-refractivity contribution in [1.82, 2.24) is 10.2 Å². The standard InChI is InChI=1S/C10H16N2.C10H19NO3/c1-12(8-7-11)9-10-5-3-2-4-6-10;1-7(2)8(6-12)11-9(13)14-10(3,4)5/h2-6H,7-9,11H2,1H3;6-8H,1-5H3,(H,11,13). The Kier molecular flexibility index (Phi) is 11.5. The predicted molar refractivity (Wildman–Crippen MR) is 106 cm³/mol. The smallest absolute Gasteiger partial charge is 0.408 e. The van der Waals surface area contributed by atoms with Crippen LogP contribution >= 0.6 is 0 Å². The number of rotatable bonds is 7. The zero-order valence-electron chi connectivity index (χ0n) is 17.0. The van der Waals surface area contributed by atoms with Crippen LogP contribution in [-0.4, -0.2) is 49.1 Å². The molecule has 3 N–H and O–H groups in total. The van der Waals surface area contributed by atoms with E-state index < -0.39 is 17.7 Å². The molecule has 6 nitrogen and oxygen atoms in total. The van der Waals surface area contributed by atoms with E-state index >= 15 is 0 Å². The number of aldehydes is 1. The molecule has 148 valence electrons. The molecule has 0 aliphatic carbocycles. The maximum absolute atomic E-state index is 11.2. The fourth-order valence-electron chi connectivity index (χ4n) is 2.00. The van der Waals surface area contributed by atoms with Gasteiger partial charge in [-0.15, -0.1) is 0 Å². The van der Waals surface area contributed by atoms with Gasteiger partial charge in [0.15, 0.2) is 0 Å². The van der Waals surface area contributed by atoms with E-state index in [1.807, 2.05) is 19.9 Å². The molecule has 1 rings (SSSR count). The topological polar surface area (TPSA) is 84.7 Å². The number of likely N-dealkylation sites (N-methyl/N-ethyl adjacent to an activating group) is 1. The molecule has 6 heteroatoms. The lowest BCUT2D eigenvalue weighted by Gasteiger charge is -2.22. The third kappa shape index (κ3) is 12.4. The van der Waals surface area contributed by atoms with E-state index in [1.54, 1.807) is 20.8 Å². The number of nitrogens with one attached hydrogen (secondary N) is 1. The maximum Gasteiger partial charge on any atom is 0.408 e. The lowest BCUT2D eigenvalue weighted by Crippen LogP contribution is -2.42. The second kappa shape index (κ2) is 12.4. The van der Waals surface area contributed by atoms with Crippen LogP contribution in [-0.2, 0) is 16.1 Å². The van der Waals surface area contributed by atoms with Crippen LogP contribution in [0.1, 0.15) is 40.2 Å². The van der Waals surface area contributed by atoms with Crippen LogP contribution in [0.2, 0.25) is 0 Å². The van der Waals surface area contributed by atoms with E-state index in [0.717, 1.165) is 19.6 Å². The minimum atomic E-state index is -0.553. The first-order valence-electron chi connectivity index (χ1n) is 8.96. The number of nitrogens with zero attached hydrogens (tertiary/aromatic N) is 1. The summed E-state index contributed by atoms with van der Waals surface area (Å²) in [4.78, 5) is 24.0. The number of carbonyl (C=O) groups is 2. The van der Waals surface area contributed by atoms with Gasteiger partial charge in [0.25, 0.3) is 0 Å². The number of hydrogen-bond donors (Lipinski definition) is 2. The first kappa shape index (κ1) is 24.1. The Morgan fingerprint density at radius 3 is 2.27 bits per heavy atom. The van der Waals surface area contributed by atoms with Crippen molar-refractivity contribution in [3.63, 3.8) is 0 Å². The van der Waals surface area contributed by atoms with Gasteiger partial charge in [-0.2, -0.15) is 0 Å².